The maximum absolute atomic E-state index is 14.6. The van der Waals surface area contributed by atoms with Gasteiger partial charge in [0.05, 0.1) is 84.3 Å². The molecule has 0 atom stereocenters. The third kappa shape index (κ3) is 5.95. The second kappa shape index (κ2) is 15.3. The molecule has 0 aliphatic rings. The van der Waals surface area contributed by atoms with Crippen molar-refractivity contribution in [3.63, 3.8) is 0 Å². The average molecular weight is 933 g/mol. The molecule has 0 saturated carbocycles. The fourth-order valence-electron chi connectivity index (χ4n) is 11.4. The number of halogens is 3. The first kappa shape index (κ1) is 41.2. The summed E-state index contributed by atoms with van der Waals surface area (Å²) in [6.07, 6.45) is -4.74. The van der Waals surface area contributed by atoms with Gasteiger partial charge in [0, 0.05) is 60.0 Å². The summed E-state index contributed by atoms with van der Waals surface area (Å²) >= 11 is 0. The number of aromatic nitrogens is 4. The van der Waals surface area contributed by atoms with Crippen molar-refractivity contribution in [2.45, 2.75) is 6.18 Å². The lowest BCUT2D eigenvalue weighted by Gasteiger charge is -2.20. The van der Waals surface area contributed by atoms with Gasteiger partial charge in [-0.1, -0.05) is 109 Å². The second-order valence-electron chi connectivity index (χ2n) is 18.3. The number of benzene rings is 10. The van der Waals surface area contributed by atoms with E-state index in [0.29, 0.717) is 11.4 Å². The van der Waals surface area contributed by atoms with Crippen molar-refractivity contribution < 1.29 is 13.2 Å². The lowest BCUT2D eigenvalue weighted by Crippen LogP contribution is -2.07. The van der Waals surface area contributed by atoms with Crippen LogP contribution in [0, 0.1) is 22.7 Å². The van der Waals surface area contributed by atoms with E-state index in [2.05, 4.69) is 182 Å². The van der Waals surface area contributed by atoms with E-state index >= 15 is 0 Å². The predicted octanol–water partition coefficient (Wildman–Crippen LogP) is 16.5. The largest absolute Gasteiger partial charge is 0.416 e. The van der Waals surface area contributed by atoms with Gasteiger partial charge in [-0.05, 0) is 109 Å². The highest BCUT2D eigenvalue weighted by Gasteiger charge is 2.32. The lowest BCUT2D eigenvalue weighted by molar-refractivity contribution is -0.137. The lowest BCUT2D eigenvalue weighted by atomic mass is 9.95. The summed E-state index contributed by atoms with van der Waals surface area (Å²) in [7, 11) is 0. The van der Waals surface area contributed by atoms with E-state index in [0.717, 1.165) is 111 Å². The van der Waals surface area contributed by atoms with Crippen molar-refractivity contribution in [2.24, 2.45) is 0 Å². The zero-order valence-corrected chi connectivity index (χ0v) is 38.0. The summed E-state index contributed by atoms with van der Waals surface area (Å²) in [6.45, 7) is 0. The number of rotatable bonds is 5. The highest BCUT2D eigenvalue weighted by molar-refractivity contribution is 6.15. The van der Waals surface area contributed by atoms with E-state index in [1.54, 1.807) is 6.07 Å². The molecule has 0 N–H and O–H groups in total. The minimum Gasteiger partial charge on any atom is -0.309 e. The standard InChI is InChI=1S/C63H35F3N6/c64-63(65,66)41-30-38(36-67)29-39(31-41)50-35-62(72-58-24-12-6-18-49(58)52-34-43(26-28-60(52)72)70-55-21-9-3-15-46(55)47-16-4-10-22-56(47)70)61(32-40(50)37-68)71-57-23-11-5-17-48(57)51-33-42(25-27-59(51)71)69-53-19-7-1-13-44(53)45-14-2-8-20-54(45)69/h1-35H. The Labute approximate surface area is 408 Å². The summed E-state index contributed by atoms with van der Waals surface area (Å²) in [5.41, 5.74) is 10.4. The van der Waals surface area contributed by atoms with Crippen LogP contribution >= 0.6 is 0 Å². The van der Waals surface area contributed by atoms with Crippen LogP contribution in [0.5, 0.6) is 0 Å². The molecule has 0 aliphatic carbocycles. The molecule has 6 nitrogen and oxygen atoms in total. The minimum absolute atomic E-state index is 0.109. The Hall–Kier alpha value is -9.83. The third-order valence-electron chi connectivity index (χ3n) is 14.4. The van der Waals surface area contributed by atoms with Gasteiger partial charge in [-0.3, -0.25) is 0 Å². The van der Waals surface area contributed by atoms with Gasteiger partial charge >= 0.3 is 6.18 Å². The fraction of sp³-hybridized carbons (Fsp3) is 0.0159. The topological polar surface area (TPSA) is 67.3 Å². The molecule has 0 unspecified atom stereocenters. The maximum atomic E-state index is 14.6. The molecule has 0 saturated heterocycles. The van der Waals surface area contributed by atoms with Gasteiger partial charge in [-0.25, -0.2) is 0 Å². The number of para-hydroxylation sites is 6. The smallest absolute Gasteiger partial charge is 0.309 e. The molecule has 10 aromatic carbocycles. The molecule has 14 rings (SSSR count). The number of hydrogen-bond donors (Lipinski definition) is 0. The quantitative estimate of drug-likeness (QED) is 0.173. The molecule has 0 fully saturated rings. The van der Waals surface area contributed by atoms with E-state index in [1.165, 1.54) is 6.07 Å². The number of fused-ring (bicyclic) bond motifs is 12. The summed E-state index contributed by atoms with van der Waals surface area (Å²) in [5.74, 6) is 0. The molecule has 0 radical (unpaired) electrons. The predicted molar refractivity (Wildman–Crippen MR) is 284 cm³/mol. The van der Waals surface area contributed by atoms with Crippen LogP contribution in [0.15, 0.2) is 212 Å². The maximum Gasteiger partial charge on any atom is 0.416 e. The number of nitrogens with zero attached hydrogens (tertiary/aromatic N) is 6. The van der Waals surface area contributed by atoms with E-state index in [1.807, 2.05) is 36.4 Å². The van der Waals surface area contributed by atoms with Gasteiger partial charge < -0.3 is 18.3 Å². The molecule has 14 aromatic rings. The first-order valence-electron chi connectivity index (χ1n) is 23.5. The Kier molecular flexibility index (Phi) is 8.77. The van der Waals surface area contributed by atoms with Crippen LogP contribution in [0.4, 0.5) is 13.2 Å². The Bertz CT molecular complexity index is 4610. The Morgan fingerprint density at radius 3 is 1.08 bits per heavy atom. The van der Waals surface area contributed by atoms with E-state index < -0.39 is 11.7 Å². The van der Waals surface area contributed by atoms with Crippen LogP contribution in [0.2, 0.25) is 0 Å². The van der Waals surface area contributed by atoms with Crippen LogP contribution < -0.4 is 0 Å². The van der Waals surface area contributed by atoms with Gasteiger partial charge in [-0.15, -0.1) is 0 Å². The molecule has 4 aromatic heterocycles. The third-order valence-corrected chi connectivity index (χ3v) is 14.4. The SMILES string of the molecule is N#Cc1cc(-c2cc(-n3c4ccccc4c4cc(-n5c6ccccc6c6ccccc65)ccc43)c(-n3c4ccccc4c4cc(-n5c6ccccc6c6ccccc65)ccc43)cc2C#N)cc(C(F)(F)F)c1. The zero-order chi connectivity index (χ0) is 48.4. The van der Waals surface area contributed by atoms with E-state index in [-0.39, 0.29) is 22.3 Å². The molecule has 338 valence electrons. The van der Waals surface area contributed by atoms with Crippen molar-refractivity contribution >= 4 is 87.2 Å². The van der Waals surface area contributed by atoms with Crippen LogP contribution in [-0.2, 0) is 6.18 Å². The van der Waals surface area contributed by atoms with Crippen LogP contribution in [0.3, 0.4) is 0 Å². The van der Waals surface area contributed by atoms with Crippen molar-refractivity contribution in [1.82, 2.24) is 18.3 Å². The summed E-state index contributed by atoms with van der Waals surface area (Å²) in [4.78, 5) is 0. The Balaban J connectivity index is 1.08. The van der Waals surface area contributed by atoms with Crippen molar-refractivity contribution in [2.75, 3.05) is 0 Å². The second-order valence-corrected chi connectivity index (χ2v) is 18.3. The molecule has 9 heteroatoms. The first-order chi connectivity index (χ1) is 35.3. The Morgan fingerprint density at radius 2 is 0.694 bits per heavy atom. The molecule has 0 spiro atoms. The fourth-order valence-corrected chi connectivity index (χ4v) is 11.4. The Morgan fingerprint density at radius 1 is 0.333 bits per heavy atom. The van der Waals surface area contributed by atoms with Crippen LogP contribution in [0.1, 0.15) is 16.7 Å². The average Bonchev–Trinajstić information content (AvgIpc) is 4.15. The number of nitriles is 2. The van der Waals surface area contributed by atoms with E-state index in [4.69, 9.17) is 0 Å². The highest BCUT2D eigenvalue weighted by Crippen LogP contribution is 2.44. The molecular formula is C63H35F3N6. The molecule has 0 bridgehead atoms. The van der Waals surface area contributed by atoms with Crippen molar-refractivity contribution in [3.8, 4) is 46.0 Å². The van der Waals surface area contributed by atoms with Gasteiger partial charge in [0.1, 0.15) is 0 Å². The van der Waals surface area contributed by atoms with Gasteiger partial charge in [0.15, 0.2) is 0 Å². The molecule has 72 heavy (non-hydrogen) atoms. The van der Waals surface area contributed by atoms with Crippen molar-refractivity contribution in [3.05, 3.63) is 229 Å². The monoisotopic (exact) mass is 932 g/mol. The number of hydrogen-bond acceptors (Lipinski definition) is 2. The van der Waals surface area contributed by atoms with Crippen LogP contribution in [-0.4, -0.2) is 18.3 Å². The van der Waals surface area contributed by atoms with Gasteiger partial charge in [0.25, 0.3) is 0 Å². The van der Waals surface area contributed by atoms with Gasteiger partial charge in [-0.2, -0.15) is 23.7 Å². The first-order valence-corrected chi connectivity index (χ1v) is 23.5. The van der Waals surface area contributed by atoms with Gasteiger partial charge in [0.2, 0.25) is 0 Å². The summed E-state index contributed by atoms with van der Waals surface area (Å²) < 4.78 is 52.6. The minimum atomic E-state index is -4.74. The molecule has 0 aliphatic heterocycles. The summed E-state index contributed by atoms with van der Waals surface area (Å²) in [5, 5.41) is 29.6. The van der Waals surface area contributed by atoms with Crippen molar-refractivity contribution in [1.29, 1.82) is 10.5 Å². The summed E-state index contributed by atoms with van der Waals surface area (Å²) in [6, 6.07) is 74.0. The normalized spacial score (nSPS) is 12.1. The zero-order valence-electron chi connectivity index (χ0n) is 38.0. The molecular weight excluding hydrogens is 898 g/mol. The van der Waals surface area contributed by atoms with Crippen LogP contribution in [0.25, 0.3) is 121 Å². The number of alkyl halides is 3. The molecule has 0 amide bonds. The highest BCUT2D eigenvalue weighted by atomic mass is 19.4. The van der Waals surface area contributed by atoms with E-state index in [9.17, 15) is 23.7 Å². The molecule has 4 heterocycles.